The summed E-state index contributed by atoms with van der Waals surface area (Å²) in [5.74, 6) is 0.306. The molecule has 4 nitrogen and oxygen atoms in total. The minimum absolute atomic E-state index is 0.0703. The maximum atomic E-state index is 12.8. The van der Waals surface area contributed by atoms with Crippen molar-refractivity contribution in [3.05, 3.63) is 52.3 Å². The van der Waals surface area contributed by atoms with Gasteiger partial charge in [0.15, 0.2) is 5.78 Å². The van der Waals surface area contributed by atoms with Crippen LogP contribution in [0.5, 0.6) is 0 Å². The van der Waals surface area contributed by atoms with Crippen molar-refractivity contribution in [3.8, 4) is 0 Å². The number of hydrogen-bond donors (Lipinski definition) is 0. The van der Waals surface area contributed by atoms with Gasteiger partial charge in [0.05, 0.1) is 5.69 Å². The van der Waals surface area contributed by atoms with E-state index in [1.54, 1.807) is 12.1 Å². The molecule has 1 saturated heterocycles. The lowest BCUT2D eigenvalue weighted by molar-refractivity contribution is 0.0811. The highest BCUT2D eigenvalue weighted by atomic mass is 35.5. The van der Waals surface area contributed by atoms with Gasteiger partial charge in [0.25, 0.3) is 0 Å². The molecule has 2 heterocycles. The standard InChI is InChI=1S/C20H26ClN3O/c1-3-10-24-14-18(15(2)22-24)13-23-11-4-5-17(12-23)20(25)16-6-8-19(21)9-7-16/h6-9,14,17H,3-5,10-13H2,1-2H3. The summed E-state index contributed by atoms with van der Waals surface area (Å²) in [6.45, 7) is 7.93. The summed E-state index contributed by atoms with van der Waals surface area (Å²) < 4.78 is 2.03. The van der Waals surface area contributed by atoms with Crippen molar-refractivity contribution in [2.24, 2.45) is 5.92 Å². The van der Waals surface area contributed by atoms with Crippen LogP contribution < -0.4 is 0 Å². The number of carbonyl (C=O) groups excluding carboxylic acids is 1. The van der Waals surface area contributed by atoms with Crippen LogP contribution in [0.2, 0.25) is 5.02 Å². The van der Waals surface area contributed by atoms with Crippen LogP contribution in [0.25, 0.3) is 0 Å². The van der Waals surface area contributed by atoms with E-state index in [4.69, 9.17) is 11.6 Å². The maximum Gasteiger partial charge on any atom is 0.167 e. The fraction of sp³-hybridized carbons (Fsp3) is 0.500. The van der Waals surface area contributed by atoms with Crippen molar-refractivity contribution in [2.45, 2.75) is 46.2 Å². The highest BCUT2D eigenvalue weighted by Crippen LogP contribution is 2.23. The predicted molar refractivity (Wildman–Crippen MR) is 101 cm³/mol. The Bertz CT molecular complexity index is 723. The summed E-state index contributed by atoms with van der Waals surface area (Å²) in [5, 5.41) is 5.25. The zero-order chi connectivity index (χ0) is 17.8. The predicted octanol–water partition coefficient (Wildman–Crippen LogP) is 4.35. The lowest BCUT2D eigenvalue weighted by Crippen LogP contribution is -2.38. The fourth-order valence-corrected chi connectivity index (χ4v) is 3.69. The minimum Gasteiger partial charge on any atom is -0.298 e. The molecular weight excluding hydrogens is 334 g/mol. The summed E-state index contributed by atoms with van der Waals surface area (Å²) in [4.78, 5) is 15.2. The molecule has 1 unspecified atom stereocenters. The average molecular weight is 360 g/mol. The van der Waals surface area contributed by atoms with Crippen molar-refractivity contribution >= 4 is 17.4 Å². The number of aryl methyl sites for hydroxylation is 2. The molecule has 1 aromatic carbocycles. The molecule has 5 heteroatoms. The number of piperidine rings is 1. The first-order chi connectivity index (χ1) is 12.1. The number of nitrogens with zero attached hydrogens (tertiary/aromatic N) is 3. The first-order valence-electron chi connectivity index (χ1n) is 9.12. The van der Waals surface area contributed by atoms with Crippen LogP contribution in [-0.4, -0.2) is 33.6 Å². The van der Waals surface area contributed by atoms with E-state index in [2.05, 4.69) is 30.0 Å². The molecule has 1 aliphatic rings. The van der Waals surface area contributed by atoms with E-state index >= 15 is 0 Å². The molecule has 0 radical (unpaired) electrons. The van der Waals surface area contributed by atoms with E-state index in [1.165, 1.54) is 5.56 Å². The highest BCUT2D eigenvalue weighted by molar-refractivity contribution is 6.30. The summed E-state index contributed by atoms with van der Waals surface area (Å²) in [6.07, 6.45) is 5.27. The molecule has 25 heavy (non-hydrogen) atoms. The summed E-state index contributed by atoms with van der Waals surface area (Å²) in [5.41, 5.74) is 3.14. The second kappa shape index (κ2) is 8.15. The first kappa shape index (κ1) is 18.2. The lowest BCUT2D eigenvalue weighted by Gasteiger charge is -2.31. The van der Waals surface area contributed by atoms with E-state index in [1.807, 2.05) is 16.8 Å². The zero-order valence-corrected chi connectivity index (χ0v) is 15.8. The van der Waals surface area contributed by atoms with Crippen LogP contribution in [0.4, 0.5) is 0 Å². The topological polar surface area (TPSA) is 38.1 Å². The molecular formula is C20H26ClN3O. The Morgan fingerprint density at radius 1 is 1.32 bits per heavy atom. The number of Topliss-reactive ketones (excluding diaryl/α,β-unsaturated/α-hetero) is 1. The van der Waals surface area contributed by atoms with Crippen LogP contribution in [0.15, 0.2) is 30.5 Å². The third-order valence-corrected chi connectivity index (χ3v) is 5.15. The van der Waals surface area contributed by atoms with Crippen molar-refractivity contribution in [1.82, 2.24) is 14.7 Å². The van der Waals surface area contributed by atoms with E-state index in [9.17, 15) is 4.79 Å². The molecule has 134 valence electrons. The molecule has 1 atom stereocenters. The van der Waals surface area contributed by atoms with Gasteiger partial charge in [0.2, 0.25) is 0 Å². The third kappa shape index (κ3) is 4.50. The lowest BCUT2D eigenvalue weighted by atomic mass is 9.90. The second-order valence-corrected chi connectivity index (χ2v) is 7.38. The molecule has 3 rings (SSSR count). The van der Waals surface area contributed by atoms with Crippen molar-refractivity contribution in [3.63, 3.8) is 0 Å². The van der Waals surface area contributed by atoms with Crippen molar-refractivity contribution < 1.29 is 4.79 Å². The largest absolute Gasteiger partial charge is 0.298 e. The Labute approximate surface area is 154 Å². The third-order valence-electron chi connectivity index (χ3n) is 4.90. The number of ketones is 1. The van der Waals surface area contributed by atoms with Gasteiger partial charge in [-0.05, 0) is 57.0 Å². The number of aromatic nitrogens is 2. The number of rotatable bonds is 6. The fourth-order valence-electron chi connectivity index (χ4n) is 3.56. The monoisotopic (exact) mass is 359 g/mol. The van der Waals surface area contributed by atoms with E-state index in [0.29, 0.717) is 5.02 Å². The molecule has 2 aromatic rings. The number of carbonyl (C=O) groups is 1. The Hall–Kier alpha value is -1.65. The molecule has 0 spiro atoms. The van der Waals surface area contributed by atoms with Crippen LogP contribution >= 0.6 is 11.6 Å². The van der Waals surface area contributed by atoms with Gasteiger partial charge in [-0.3, -0.25) is 14.4 Å². The SMILES string of the molecule is CCCn1cc(CN2CCCC(C(=O)c3ccc(Cl)cc3)C2)c(C)n1. The molecule has 1 fully saturated rings. The molecule has 0 N–H and O–H groups in total. The van der Waals surface area contributed by atoms with Gasteiger partial charge in [0, 0.05) is 47.9 Å². The van der Waals surface area contributed by atoms with E-state index < -0.39 is 0 Å². The first-order valence-corrected chi connectivity index (χ1v) is 9.49. The number of likely N-dealkylation sites (tertiary alicyclic amines) is 1. The molecule has 0 bridgehead atoms. The van der Waals surface area contributed by atoms with Crippen molar-refractivity contribution in [2.75, 3.05) is 13.1 Å². The molecule has 1 aromatic heterocycles. The van der Waals surface area contributed by atoms with E-state index in [-0.39, 0.29) is 11.7 Å². The van der Waals surface area contributed by atoms with Crippen LogP contribution in [0, 0.1) is 12.8 Å². The Morgan fingerprint density at radius 2 is 2.08 bits per heavy atom. The zero-order valence-electron chi connectivity index (χ0n) is 15.0. The van der Waals surface area contributed by atoms with Gasteiger partial charge < -0.3 is 0 Å². The normalized spacial score (nSPS) is 18.4. The van der Waals surface area contributed by atoms with Crippen molar-refractivity contribution in [1.29, 1.82) is 0 Å². The van der Waals surface area contributed by atoms with Gasteiger partial charge in [-0.2, -0.15) is 5.10 Å². The highest BCUT2D eigenvalue weighted by Gasteiger charge is 2.27. The molecule has 0 amide bonds. The smallest absolute Gasteiger partial charge is 0.167 e. The Balaban J connectivity index is 1.64. The quantitative estimate of drug-likeness (QED) is 0.719. The summed E-state index contributed by atoms with van der Waals surface area (Å²) in [7, 11) is 0. The molecule has 0 aliphatic carbocycles. The molecule has 0 saturated carbocycles. The number of halogens is 1. The Morgan fingerprint density at radius 3 is 2.80 bits per heavy atom. The van der Waals surface area contributed by atoms with E-state index in [0.717, 1.165) is 56.7 Å². The summed E-state index contributed by atoms with van der Waals surface area (Å²) in [6, 6.07) is 7.26. The second-order valence-electron chi connectivity index (χ2n) is 6.95. The maximum absolute atomic E-state index is 12.8. The summed E-state index contributed by atoms with van der Waals surface area (Å²) >= 11 is 5.93. The van der Waals surface area contributed by atoms with Crippen LogP contribution in [0.3, 0.4) is 0 Å². The van der Waals surface area contributed by atoms with Gasteiger partial charge in [-0.1, -0.05) is 18.5 Å². The van der Waals surface area contributed by atoms with Gasteiger partial charge in [-0.15, -0.1) is 0 Å². The van der Waals surface area contributed by atoms with Gasteiger partial charge in [-0.25, -0.2) is 0 Å². The minimum atomic E-state index is 0.0703. The average Bonchev–Trinajstić information content (AvgIpc) is 2.95. The van der Waals surface area contributed by atoms with Gasteiger partial charge >= 0.3 is 0 Å². The number of benzene rings is 1. The Kier molecular flexibility index (Phi) is 5.92. The van der Waals surface area contributed by atoms with Crippen LogP contribution in [-0.2, 0) is 13.1 Å². The van der Waals surface area contributed by atoms with Gasteiger partial charge in [0.1, 0.15) is 0 Å². The van der Waals surface area contributed by atoms with Crippen LogP contribution in [0.1, 0.15) is 47.8 Å². The molecule has 1 aliphatic heterocycles. The number of hydrogen-bond acceptors (Lipinski definition) is 3.